The van der Waals surface area contributed by atoms with Gasteiger partial charge in [-0.2, -0.15) is 8.42 Å². The fourth-order valence-corrected chi connectivity index (χ4v) is 4.63. The molecule has 2 rings (SSSR count). The van der Waals surface area contributed by atoms with Crippen LogP contribution in [0.2, 0.25) is 0 Å². The first-order chi connectivity index (χ1) is 12.9. The van der Waals surface area contributed by atoms with Crippen molar-refractivity contribution in [2.24, 2.45) is 0 Å². The Kier molecular flexibility index (Phi) is 6.22. The van der Waals surface area contributed by atoms with Crippen LogP contribution < -0.4 is 5.32 Å². The normalized spacial score (nSPS) is 21.9. The number of amides is 1. The first kappa shape index (κ1) is 21.9. The molecule has 0 saturated heterocycles. The van der Waals surface area contributed by atoms with Crippen LogP contribution in [-0.2, 0) is 34.9 Å². The Labute approximate surface area is 167 Å². The van der Waals surface area contributed by atoms with Gasteiger partial charge in [-0.3, -0.25) is 19.5 Å². The minimum atomic E-state index is -4.46. The molecule has 0 saturated carbocycles. The Balaban J connectivity index is 2.55. The Morgan fingerprint density at radius 3 is 2.46 bits per heavy atom. The maximum atomic E-state index is 12.2. The highest BCUT2D eigenvalue weighted by Crippen LogP contribution is 2.33. The minimum absolute atomic E-state index is 0.143. The Hall–Kier alpha value is -2.36. The van der Waals surface area contributed by atoms with E-state index >= 15 is 0 Å². The summed E-state index contributed by atoms with van der Waals surface area (Å²) in [4.78, 5) is 14.3. The van der Waals surface area contributed by atoms with Crippen LogP contribution in [0.25, 0.3) is 10.9 Å². The Bertz CT molecular complexity index is 1160. The van der Waals surface area contributed by atoms with Gasteiger partial charge in [0.2, 0.25) is 5.91 Å². The molecule has 3 N–H and O–H groups in total. The van der Waals surface area contributed by atoms with Gasteiger partial charge in [-0.15, -0.1) is 0 Å². The Morgan fingerprint density at radius 2 is 1.93 bits per heavy atom. The van der Waals surface area contributed by atoms with Crippen molar-refractivity contribution in [1.29, 1.82) is 0 Å². The predicted molar refractivity (Wildman–Crippen MR) is 107 cm³/mol. The maximum Gasteiger partial charge on any atom is 0.331 e. The summed E-state index contributed by atoms with van der Waals surface area (Å²) in [7, 11) is -8.35. The third-order valence-electron chi connectivity index (χ3n) is 3.83. The molecule has 0 radical (unpaired) electrons. The van der Waals surface area contributed by atoms with E-state index in [1.807, 2.05) is 0 Å². The van der Waals surface area contributed by atoms with Crippen molar-refractivity contribution in [3.8, 4) is 0 Å². The standard InChI is InChI=1S/C17H16N2O6S3/c1-12(20)19-17(18-2)10-9-14(16(11-17)28(24,25)26)8-7-13-5-3-4-6-15(13)27(21,22)23/h3-10H,11H2,1H3,(H,19,20)(H,21,22,23)(H,24,25,26). The second kappa shape index (κ2) is 7.94. The second-order valence-corrected chi connectivity index (χ2v) is 10.1. The molecule has 0 aliphatic heterocycles. The quantitative estimate of drug-likeness (QED) is 0.473. The third kappa shape index (κ3) is 5.12. The molecular formula is C17H16N2O6S3. The van der Waals surface area contributed by atoms with Crippen LogP contribution in [0.4, 0.5) is 0 Å². The van der Waals surface area contributed by atoms with Gasteiger partial charge in [-0.1, -0.05) is 30.4 Å². The van der Waals surface area contributed by atoms with Gasteiger partial charge < -0.3 is 4.55 Å². The number of rotatable bonds is 5. The van der Waals surface area contributed by atoms with E-state index in [4.69, 9.17) is 6.57 Å². The molecule has 1 aromatic carbocycles. The number of benzene rings is 1. The van der Waals surface area contributed by atoms with Gasteiger partial charge in [0.15, 0.2) is 8.77 Å². The summed E-state index contributed by atoms with van der Waals surface area (Å²) in [6.45, 7) is 8.57. The van der Waals surface area contributed by atoms with Crippen molar-refractivity contribution in [3.63, 3.8) is 0 Å². The highest BCUT2D eigenvalue weighted by molar-refractivity contribution is 8.31. The molecular weight excluding hydrogens is 424 g/mol. The average Bonchev–Trinajstić information content (AvgIpc) is 2.58. The number of hydrogen-bond acceptors (Lipinski definition) is 5. The van der Waals surface area contributed by atoms with Crippen molar-refractivity contribution in [3.05, 3.63) is 70.0 Å². The molecule has 1 aromatic rings. The summed E-state index contributed by atoms with van der Waals surface area (Å²) in [5.74, 6) is -0.491. The fourth-order valence-electron chi connectivity index (χ4n) is 2.64. The van der Waals surface area contributed by atoms with Crippen LogP contribution in [0.15, 0.2) is 57.9 Å². The molecule has 28 heavy (non-hydrogen) atoms. The molecule has 0 spiro atoms. The molecule has 2 unspecified atom stereocenters. The van der Waals surface area contributed by atoms with E-state index in [-0.39, 0.29) is 27.4 Å². The summed E-state index contributed by atoms with van der Waals surface area (Å²) in [5.41, 5.74) is -1.17. The highest BCUT2D eigenvalue weighted by Gasteiger charge is 2.41. The number of nitrogens with zero attached hydrogens (tertiary/aromatic N) is 1. The van der Waals surface area contributed by atoms with Crippen molar-refractivity contribution >= 4 is 42.1 Å². The first-order valence-corrected chi connectivity index (χ1v) is 11.6. The number of allylic oxidation sites excluding steroid dienone is 3. The zero-order valence-electron chi connectivity index (χ0n) is 14.5. The number of carbonyl (C=O) groups is 1. The second-order valence-electron chi connectivity index (χ2n) is 5.93. The van der Waals surface area contributed by atoms with Crippen molar-refractivity contribution < 1.29 is 26.5 Å². The summed E-state index contributed by atoms with van der Waals surface area (Å²) < 4.78 is 54.4. The van der Waals surface area contributed by atoms with Gasteiger partial charge in [-0.25, -0.2) is 10.8 Å². The first-order valence-electron chi connectivity index (χ1n) is 7.70. The van der Waals surface area contributed by atoms with Gasteiger partial charge in [-0.05, 0) is 23.3 Å². The van der Waals surface area contributed by atoms with E-state index < -0.39 is 30.5 Å². The largest absolute Gasteiger partial charge is 0.331 e. The van der Waals surface area contributed by atoms with Gasteiger partial charge in [0, 0.05) is 24.2 Å². The number of nitrogens with one attached hydrogen (secondary N) is 1. The summed E-state index contributed by atoms with van der Waals surface area (Å²) in [6.07, 6.45) is 5.14. The molecule has 2 atom stereocenters. The van der Waals surface area contributed by atoms with Crippen LogP contribution in [0.5, 0.6) is 0 Å². The van der Waals surface area contributed by atoms with Gasteiger partial charge in [0.05, 0.1) is 11.3 Å². The molecule has 0 fully saturated rings. The van der Waals surface area contributed by atoms with E-state index in [1.54, 1.807) is 6.07 Å². The molecule has 0 bridgehead atoms. The molecule has 1 aliphatic carbocycles. The van der Waals surface area contributed by atoms with E-state index in [0.717, 1.165) is 0 Å². The molecule has 0 heterocycles. The number of hydrogen-bond donors (Lipinski definition) is 3. The third-order valence-corrected chi connectivity index (χ3v) is 6.37. The highest BCUT2D eigenvalue weighted by atomic mass is 32.8. The molecule has 8 nitrogen and oxygen atoms in total. The zero-order chi connectivity index (χ0) is 21.2. The average molecular weight is 441 g/mol. The fraction of sp³-hybridized carbons (Fsp3) is 0.176. The maximum absolute atomic E-state index is 12.2. The summed E-state index contributed by atoms with van der Waals surface area (Å²) in [5, 5.41) is 2.44. The lowest BCUT2D eigenvalue weighted by atomic mass is 9.96. The summed E-state index contributed by atoms with van der Waals surface area (Å²) in [6, 6.07) is 5.65. The molecule has 148 valence electrons. The zero-order valence-corrected chi connectivity index (χ0v) is 17.0. The summed E-state index contributed by atoms with van der Waals surface area (Å²) >= 11 is 4.67. The molecule has 11 heteroatoms. The SMILES string of the molecule is [C-]#[N+]C1(NC(C)=O)C=CC(C=Cc2ccccc2S(=O)(=O)O)=C(S(=O)(O)=S)C1. The van der Waals surface area contributed by atoms with Crippen molar-refractivity contribution in [1.82, 2.24) is 5.32 Å². The van der Waals surface area contributed by atoms with Gasteiger partial charge >= 0.3 is 5.66 Å². The lowest BCUT2D eigenvalue weighted by Crippen LogP contribution is -2.45. The van der Waals surface area contributed by atoms with Gasteiger partial charge in [0.25, 0.3) is 10.1 Å². The van der Waals surface area contributed by atoms with E-state index in [9.17, 15) is 26.5 Å². The van der Waals surface area contributed by atoms with Crippen LogP contribution in [0, 0.1) is 6.57 Å². The van der Waals surface area contributed by atoms with Gasteiger partial charge in [0.1, 0.15) is 4.90 Å². The van der Waals surface area contributed by atoms with Crippen LogP contribution in [0.1, 0.15) is 18.9 Å². The lowest BCUT2D eigenvalue weighted by molar-refractivity contribution is -0.120. The van der Waals surface area contributed by atoms with Crippen molar-refractivity contribution in [2.45, 2.75) is 23.9 Å². The van der Waals surface area contributed by atoms with Crippen LogP contribution >= 0.6 is 0 Å². The monoisotopic (exact) mass is 440 g/mol. The predicted octanol–water partition coefficient (Wildman–Crippen LogP) is 2.13. The minimum Gasteiger partial charge on any atom is -0.302 e. The van der Waals surface area contributed by atoms with E-state index in [0.29, 0.717) is 0 Å². The molecule has 1 amide bonds. The lowest BCUT2D eigenvalue weighted by Gasteiger charge is -2.24. The van der Waals surface area contributed by atoms with E-state index in [2.05, 4.69) is 21.3 Å². The Morgan fingerprint density at radius 1 is 1.29 bits per heavy atom. The molecule has 1 aliphatic rings. The molecule has 0 aromatic heterocycles. The van der Waals surface area contributed by atoms with Crippen LogP contribution in [-0.4, -0.2) is 33.3 Å². The smallest absolute Gasteiger partial charge is 0.302 e. The van der Waals surface area contributed by atoms with Crippen molar-refractivity contribution in [2.75, 3.05) is 0 Å². The number of carbonyl (C=O) groups excluding carboxylic acids is 1. The van der Waals surface area contributed by atoms with Crippen LogP contribution in [0.3, 0.4) is 0 Å². The topological polar surface area (TPSA) is 125 Å². The van der Waals surface area contributed by atoms with E-state index in [1.165, 1.54) is 49.4 Å².